The minimum Gasteiger partial charge on any atom is -0.493 e. The summed E-state index contributed by atoms with van der Waals surface area (Å²) in [6.45, 7) is 9.70. The largest absolute Gasteiger partial charge is 0.493 e. The van der Waals surface area contributed by atoms with Crippen molar-refractivity contribution in [2.45, 2.75) is 52.1 Å². The molecule has 0 N–H and O–H groups in total. The lowest BCUT2D eigenvalue weighted by molar-refractivity contribution is -0.141. The van der Waals surface area contributed by atoms with Gasteiger partial charge in [0, 0.05) is 47.9 Å². The number of halogens is 1. The molecule has 1 unspecified atom stereocenters. The number of aryl methyl sites for hydroxylation is 2. The highest BCUT2D eigenvalue weighted by molar-refractivity contribution is 7.97. The Kier molecular flexibility index (Phi) is 8.37. The Bertz CT molecular complexity index is 1460. The fraction of sp³-hybridized carbons (Fsp3) is 0.441. The molecular formula is C34H38FNO5S. The summed E-state index contributed by atoms with van der Waals surface area (Å²) in [5.41, 5.74) is 7.06. The highest BCUT2D eigenvalue weighted by Gasteiger charge is 2.33. The summed E-state index contributed by atoms with van der Waals surface area (Å²) in [4.78, 5) is 11.8. The molecule has 0 radical (unpaired) electrons. The van der Waals surface area contributed by atoms with Gasteiger partial charge in [-0.3, -0.25) is 4.79 Å². The first-order valence-electron chi connectivity index (χ1n) is 14.8. The molecule has 2 atom stereocenters. The van der Waals surface area contributed by atoms with Crippen LogP contribution >= 0.6 is 11.9 Å². The van der Waals surface area contributed by atoms with Gasteiger partial charge in [-0.1, -0.05) is 31.0 Å². The predicted molar refractivity (Wildman–Crippen MR) is 163 cm³/mol. The van der Waals surface area contributed by atoms with E-state index in [1.54, 1.807) is 6.07 Å². The van der Waals surface area contributed by atoms with E-state index in [4.69, 9.17) is 18.9 Å². The molecule has 6 nitrogen and oxygen atoms in total. The molecular weight excluding hydrogens is 553 g/mol. The van der Waals surface area contributed by atoms with Gasteiger partial charge in [0.1, 0.15) is 29.2 Å². The molecule has 0 amide bonds. The van der Waals surface area contributed by atoms with Crippen molar-refractivity contribution in [3.05, 3.63) is 76.1 Å². The molecule has 0 saturated carbocycles. The molecule has 2 heterocycles. The van der Waals surface area contributed by atoms with Gasteiger partial charge in [0.25, 0.3) is 0 Å². The lowest BCUT2D eigenvalue weighted by Crippen LogP contribution is -2.45. The molecule has 3 aromatic rings. The molecule has 0 bridgehead atoms. The maximum absolute atomic E-state index is 15.3. The average molecular weight is 592 g/mol. The van der Waals surface area contributed by atoms with E-state index in [-0.39, 0.29) is 30.2 Å². The van der Waals surface area contributed by atoms with Gasteiger partial charge in [-0.15, -0.1) is 0 Å². The Hall–Kier alpha value is -3.23. The maximum atomic E-state index is 15.3. The summed E-state index contributed by atoms with van der Waals surface area (Å²) in [5, 5.41) is 0. The Morgan fingerprint density at radius 1 is 1.10 bits per heavy atom. The molecule has 3 aromatic carbocycles. The second-order valence-electron chi connectivity index (χ2n) is 11.5. The summed E-state index contributed by atoms with van der Waals surface area (Å²) in [7, 11) is 1.39. The molecule has 222 valence electrons. The SMILES string of the molecule is CCSN1CC(COc2cc(C)c(-c3ccc(F)c4c3CCC4Oc3ccc4c(c3)OC[C@H]4CC(=O)OC)c(C)c2)C1. The highest BCUT2D eigenvalue weighted by Crippen LogP contribution is 2.45. The van der Waals surface area contributed by atoms with Crippen LogP contribution in [-0.4, -0.2) is 49.4 Å². The third-order valence-corrected chi connectivity index (χ3v) is 9.48. The number of ether oxygens (including phenoxy) is 4. The second kappa shape index (κ2) is 12.2. The van der Waals surface area contributed by atoms with Crippen LogP contribution in [0, 0.1) is 25.6 Å². The smallest absolute Gasteiger partial charge is 0.306 e. The summed E-state index contributed by atoms with van der Waals surface area (Å²) < 4.78 is 41.0. The summed E-state index contributed by atoms with van der Waals surface area (Å²) in [5.74, 6) is 3.37. The van der Waals surface area contributed by atoms with Gasteiger partial charge < -0.3 is 18.9 Å². The molecule has 1 saturated heterocycles. The quantitative estimate of drug-likeness (QED) is 0.183. The minimum absolute atomic E-state index is 0.0366. The van der Waals surface area contributed by atoms with Crippen LogP contribution < -0.4 is 14.2 Å². The van der Waals surface area contributed by atoms with Crippen LogP contribution in [0.2, 0.25) is 0 Å². The fourth-order valence-corrected chi connectivity index (χ4v) is 7.53. The predicted octanol–water partition coefficient (Wildman–Crippen LogP) is 7.19. The lowest BCUT2D eigenvalue weighted by Gasteiger charge is -2.37. The van der Waals surface area contributed by atoms with Gasteiger partial charge in [0.15, 0.2) is 0 Å². The molecule has 0 aromatic heterocycles. The number of fused-ring (bicyclic) bond motifs is 2. The summed E-state index contributed by atoms with van der Waals surface area (Å²) in [6.07, 6.45) is 1.32. The average Bonchev–Trinajstić information content (AvgIpc) is 3.55. The molecule has 42 heavy (non-hydrogen) atoms. The van der Waals surface area contributed by atoms with E-state index in [1.807, 2.05) is 36.2 Å². The van der Waals surface area contributed by atoms with E-state index < -0.39 is 0 Å². The Labute approximate surface area is 251 Å². The van der Waals surface area contributed by atoms with Crippen molar-refractivity contribution in [3.8, 4) is 28.4 Å². The number of hydrogen-bond donors (Lipinski definition) is 0. The van der Waals surface area contributed by atoms with Crippen molar-refractivity contribution in [2.24, 2.45) is 5.92 Å². The molecule has 2 aliphatic heterocycles. The summed E-state index contributed by atoms with van der Waals surface area (Å²) >= 11 is 1.89. The number of nitrogens with zero attached hydrogens (tertiary/aromatic N) is 1. The first-order valence-corrected chi connectivity index (χ1v) is 15.7. The van der Waals surface area contributed by atoms with Crippen molar-refractivity contribution in [2.75, 3.05) is 39.2 Å². The van der Waals surface area contributed by atoms with Gasteiger partial charge in [0.2, 0.25) is 0 Å². The normalized spacial score (nSPS) is 19.5. The lowest BCUT2D eigenvalue weighted by atomic mass is 9.90. The summed E-state index contributed by atoms with van der Waals surface area (Å²) in [6, 6.07) is 13.4. The van der Waals surface area contributed by atoms with E-state index in [0.717, 1.165) is 71.0 Å². The first-order chi connectivity index (χ1) is 20.3. The number of carbonyl (C=O) groups excluding carboxylic acids is 1. The third kappa shape index (κ3) is 5.71. The van der Waals surface area contributed by atoms with Gasteiger partial charge in [-0.25, -0.2) is 8.70 Å². The van der Waals surface area contributed by atoms with Crippen LogP contribution in [0.25, 0.3) is 11.1 Å². The zero-order valence-electron chi connectivity index (χ0n) is 24.7. The number of rotatable bonds is 10. The van der Waals surface area contributed by atoms with Crippen LogP contribution in [0.3, 0.4) is 0 Å². The van der Waals surface area contributed by atoms with Gasteiger partial charge in [0.05, 0.1) is 26.7 Å². The molecule has 0 spiro atoms. The first kappa shape index (κ1) is 28.9. The third-order valence-electron chi connectivity index (χ3n) is 8.56. The second-order valence-corrected chi connectivity index (χ2v) is 12.8. The van der Waals surface area contributed by atoms with Crippen LogP contribution in [0.4, 0.5) is 4.39 Å². The van der Waals surface area contributed by atoms with Crippen molar-refractivity contribution in [3.63, 3.8) is 0 Å². The fourth-order valence-electron chi connectivity index (χ4n) is 6.54. The maximum Gasteiger partial charge on any atom is 0.306 e. The van der Waals surface area contributed by atoms with Crippen molar-refractivity contribution >= 4 is 17.9 Å². The zero-order chi connectivity index (χ0) is 29.4. The zero-order valence-corrected chi connectivity index (χ0v) is 25.5. The van der Waals surface area contributed by atoms with Gasteiger partial charge in [-0.05, 0) is 78.8 Å². The van der Waals surface area contributed by atoms with Crippen molar-refractivity contribution in [1.82, 2.24) is 4.31 Å². The van der Waals surface area contributed by atoms with Gasteiger partial charge >= 0.3 is 5.97 Å². The van der Waals surface area contributed by atoms with E-state index in [0.29, 0.717) is 36.0 Å². The van der Waals surface area contributed by atoms with E-state index >= 15 is 4.39 Å². The van der Waals surface area contributed by atoms with E-state index in [1.165, 1.54) is 7.11 Å². The van der Waals surface area contributed by atoms with Gasteiger partial charge in [-0.2, -0.15) is 0 Å². The van der Waals surface area contributed by atoms with Crippen LogP contribution in [0.5, 0.6) is 17.2 Å². The van der Waals surface area contributed by atoms with E-state index in [9.17, 15) is 4.79 Å². The number of esters is 1. The highest BCUT2D eigenvalue weighted by atomic mass is 32.2. The minimum atomic E-state index is -0.388. The molecule has 3 aliphatic rings. The topological polar surface area (TPSA) is 57.2 Å². The Morgan fingerprint density at radius 2 is 1.88 bits per heavy atom. The van der Waals surface area contributed by atoms with Crippen LogP contribution in [0.1, 0.15) is 59.6 Å². The number of methoxy groups -OCH3 is 1. The molecule has 8 heteroatoms. The van der Waals surface area contributed by atoms with Crippen molar-refractivity contribution in [1.29, 1.82) is 0 Å². The van der Waals surface area contributed by atoms with Crippen LogP contribution in [0.15, 0.2) is 42.5 Å². The van der Waals surface area contributed by atoms with Crippen LogP contribution in [-0.2, 0) is 16.0 Å². The Morgan fingerprint density at radius 3 is 2.62 bits per heavy atom. The molecule has 1 aliphatic carbocycles. The monoisotopic (exact) mass is 591 g/mol. The number of hydrogen-bond acceptors (Lipinski definition) is 7. The number of benzene rings is 3. The molecule has 6 rings (SSSR count). The Balaban J connectivity index is 1.18. The standard InChI is InChI=1S/C34H38FNO5S/c1-5-42-36-16-22(17-36)18-39-25-12-20(2)33(21(3)13-25)27-8-10-29(35)34-28(27)9-11-30(34)41-24-6-7-26-23(14-32(37)38-4)19-40-31(26)15-24/h6-8,10,12-13,15,22-23,30H,5,9,11,14,16-19H2,1-4H3/t23-,30?/m1/s1. The van der Waals surface area contributed by atoms with Crippen molar-refractivity contribution < 1.29 is 28.1 Å². The number of carbonyl (C=O) groups is 1. The molecule has 1 fully saturated rings. The van der Waals surface area contributed by atoms with E-state index in [2.05, 4.69) is 37.2 Å².